The van der Waals surface area contributed by atoms with Crippen molar-refractivity contribution in [1.82, 2.24) is 4.90 Å². The van der Waals surface area contributed by atoms with Crippen LogP contribution >= 0.6 is 0 Å². The number of esters is 1. The van der Waals surface area contributed by atoms with E-state index in [1.807, 2.05) is 0 Å². The number of hydrogen-bond acceptors (Lipinski definition) is 5. The zero-order chi connectivity index (χ0) is 45.5. The Morgan fingerprint density at radius 2 is 1.00 bits per heavy atom. The number of unbranched alkanes of at least 4 members (excludes halogenated alkanes) is 20. The quantitative estimate of drug-likeness (QED) is 0.0266. The smallest absolute Gasteiger partial charge is 0.312 e. The molecule has 5 nitrogen and oxygen atoms in total. The molecule has 372 valence electrons. The molecule has 7 unspecified atom stereocenters. The Bertz CT molecular complexity index is 1130. The van der Waals surface area contributed by atoms with Gasteiger partial charge in [-0.1, -0.05) is 207 Å². The Balaban J connectivity index is 0.000000338. The third-order valence-corrected chi connectivity index (χ3v) is 17.3. The Morgan fingerprint density at radius 3 is 1.42 bits per heavy atom. The van der Waals surface area contributed by atoms with Crippen molar-refractivity contribution in [3.8, 4) is 0 Å². The molecule has 3 saturated carbocycles. The minimum absolute atomic E-state index is 0.121. The molecule has 6 rings (SSSR count). The lowest BCUT2D eigenvalue weighted by Crippen LogP contribution is -2.52. The lowest BCUT2D eigenvalue weighted by Gasteiger charge is -2.46. The fourth-order valence-corrected chi connectivity index (χ4v) is 12.3. The molecule has 0 aromatic carbocycles. The molecule has 0 amide bonds. The molecular weight excluding hydrogens is 787 g/mol. The van der Waals surface area contributed by atoms with E-state index in [2.05, 4.69) is 44.7 Å². The third-order valence-electron chi connectivity index (χ3n) is 17.3. The molecule has 0 radical (unpaired) electrons. The van der Waals surface area contributed by atoms with Crippen LogP contribution in [0.1, 0.15) is 278 Å². The first-order chi connectivity index (χ1) is 31.4. The van der Waals surface area contributed by atoms with Gasteiger partial charge in [0.2, 0.25) is 0 Å². The second kappa shape index (κ2) is 34.0. The molecule has 0 aromatic heterocycles. The average Bonchev–Trinajstić information content (AvgIpc) is 4.23. The Morgan fingerprint density at radius 1 is 0.578 bits per heavy atom. The first kappa shape index (κ1) is 55.2. The normalized spacial score (nSPS) is 28.5. The highest BCUT2D eigenvalue weighted by molar-refractivity contribution is 5.77. The summed E-state index contributed by atoms with van der Waals surface area (Å²) < 4.78 is 11.5. The number of fused-ring (bicyclic) bond motifs is 3. The SMILES string of the molecule is CC/C=C\CC1C(C)CCC1OC(=O)C12CCN(CC1)CC2.CCCCCCCCC1CC1CCCCCCCCC(CCCCCCCCC1CC1CCCCCCCC)OC=O. The van der Waals surface area contributed by atoms with Gasteiger partial charge >= 0.3 is 5.97 Å². The Labute approximate surface area is 398 Å². The van der Waals surface area contributed by atoms with E-state index in [-0.39, 0.29) is 23.6 Å². The Hall–Kier alpha value is -1.36. The summed E-state index contributed by atoms with van der Waals surface area (Å²) in [6.07, 6.45) is 57.2. The summed E-state index contributed by atoms with van der Waals surface area (Å²) in [7, 11) is 0. The van der Waals surface area contributed by atoms with Crippen molar-refractivity contribution >= 4 is 12.4 Å². The number of allylic oxidation sites excluding steroid dienone is 2. The molecular formula is C59H107NO4. The lowest BCUT2D eigenvalue weighted by atomic mass is 9.72. The van der Waals surface area contributed by atoms with Crippen molar-refractivity contribution in [3.05, 3.63) is 12.2 Å². The summed E-state index contributed by atoms with van der Waals surface area (Å²) >= 11 is 0. The molecule has 3 saturated heterocycles. The zero-order valence-corrected chi connectivity index (χ0v) is 43.1. The fraction of sp³-hybridized carbons (Fsp3) is 0.932. The van der Waals surface area contributed by atoms with E-state index in [4.69, 9.17) is 9.47 Å². The van der Waals surface area contributed by atoms with Gasteiger partial charge in [-0.15, -0.1) is 0 Å². The predicted octanol–water partition coefficient (Wildman–Crippen LogP) is 17.3. The number of carbonyl (C=O) groups is 2. The fourth-order valence-electron chi connectivity index (χ4n) is 12.3. The molecule has 6 fully saturated rings. The first-order valence-electron chi connectivity index (χ1n) is 29.1. The van der Waals surface area contributed by atoms with Crippen molar-refractivity contribution in [3.63, 3.8) is 0 Å². The van der Waals surface area contributed by atoms with Gasteiger partial charge < -0.3 is 14.4 Å². The van der Waals surface area contributed by atoms with Crippen LogP contribution in [0.2, 0.25) is 0 Å². The maximum Gasteiger partial charge on any atom is 0.312 e. The van der Waals surface area contributed by atoms with E-state index in [1.54, 1.807) is 0 Å². The number of ether oxygens (including phenoxy) is 2. The van der Waals surface area contributed by atoms with Gasteiger partial charge in [-0.25, -0.2) is 0 Å². The van der Waals surface area contributed by atoms with Crippen LogP contribution in [-0.2, 0) is 19.1 Å². The summed E-state index contributed by atoms with van der Waals surface area (Å²) in [5, 5.41) is 0. The largest absolute Gasteiger partial charge is 0.465 e. The maximum atomic E-state index is 12.9. The summed E-state index contributed by atoms with van der Waals surface area (Å²) in [4.78, 5) is 26.3. The van der Waals surface area contributed by atoms with E-state index >= 15 is 0 Å². The molecule has 64 heavy (non-hydrogen) atoms. The van der Waals surface area contributed by atoms with Crippen LogP contribution in [0.25, 0.3) is 0 Å². The lowest BCUT2D eigenvalue weighted by molar-refractivity contribution is -0.171. The van der Waals surface area contributed by atoms with Gasteiger partial charge in [0.05, 0.1) is 5.41 Å². The van der Waals surface area contributed by atoms with Gasteiger partial charge in [0.15, 0.2) is 0 Å². The minimum Gasteiger partial charge on any atom is -0.465 e. The van der Waals surface area contributed by atoms with Crippen LogP contribution in [0.3, 0.4) is 0 Å². The van der Waals surface area contributed by atoms with Crippen molar-refractivity contribution in [1.29, 1.82) is 0 Å². The summed E-state index contributed by atoms with van der Waals surface area (Å²) in [5.41, 5.74) is -0.148. The molecule has 0 spiro atoms. The molecule has 0 N–H and O–H groups in total. The predicted molar refractivity (Wildman–Crippen MR) is 273 cm³/mol. The summed E-state index contributed by atoms with van der Waals surface area (Å²) in [5.74, 6) is 5.65. The number of carbonyl (C=O) groups excluding carboxylic acids is 2. The van der Waals surface area contributed by atoms with Crippen molar-refractivity contribution < 1.29 is 19.1 Å². The maximum absolute atomic E-state index is 12.9. The van der Waals surface area contributed by atoms with Gasteiger partial charge in [-0.05, 0) is 133 Å². The van der Waals surface area contributed by atoms with E-state index in [9.17, 15) is 9.59 Å². The molecule has 5 heteroatoms. The molecule has 0 aromatic rings. The second-order valence-corrected chi connectivity index (χ2v) is 22.5. The van der Waals surface area contributed by atoms with Crippen molar-refractivity contribution in [2.24, 2.45) is 40.9 Å². The van der Waals surface area contributed by atoms with Gasteiger partial charge in [-0.2, -0.15) is 0 Å². The summed E-state index contributed by atoms with van der Waals surface area (Å²) in [6.45, 7) is 13.0. The molecule has 2 bridgehead atoms. The second-order valence-electron chi connectivity index (χ2n) is 22.5. The minimum atomic E-state index is -0.148. The van der Waals surface area contributed by atoms with E-state index < -0.39 is 0 Å². The highest BCUT2D eigenvalue weighted by atomic mass is 16.5. The van der Waals surface area contributed by atoms with Crippen LogP contribution in [0.15, 0.2) is 12.2 Å². The monoisotopic (exact) mass is 894 g/mol. The highest BCUT2D eigenvalue weighted by Crippen LogP contribution is 2.47. The highest BCUT2D eigenvalue weighted by Gasteiger charge is 2.48. The Kier molecular flexibility index (Phi) is 29.4. The number of hydrogen-bond donors (Lipinski definition) is 0. The van der Waals surface area contributed by atoms with Crippen LogP contribution < -0.4 is 0 Å². The van der Waals surface area contributed by atoms with Crippen LogP contribution in [0, 0.1) is 40.9 Å². The van der Waals surface area contributed by atoms with Gasteiger partial charge in [0.25, 0.3) is 6.47 Å². The molecule has 7 atom stereocenters. The van der Waals surface area contributed by atoms with E-state index in [0.717, 1.165) is 94.7 Å². The molecule has 3 aliphatic heterocycles. The first-order valence-corrected chi connectivity index (χ1v) is 29.1. The zero-order valence-electron chi connectivity index (χ0n) is 43.1. The van der Waals surface area contributed by atoms with Crippen molar-refractivity contribution in [2.75, 3.05) is 19.6 Å². The molecule has 3 aliphatic carbocycles. The van der Waals surface area contributed by atoms with E-state index in [1.165, 1.54) is 199 Å². The average molecular weight is 895 g/mol. The van der Waals surface area contributed by atoms with Gasteiger partial charge in [0.1, 0.15) is 12.2 Å². The number of nitrogens with zero attached hydrogens (tertiary/aromatic N) is 1. The molecule has 6 aliphatic rings. The summed E-state index contributed by atoms with van der Waals surface area (Å²) in [6, 6.07) is 0. The van der Waals surface area contributed by atoms with Gasteiger partial charge in [-0.3, -0.25) is 9.59 Å². The van der Waals surface area contributed by atoms with Crippen LogP contribution in [-0.4, -0.2) is 49.2 Å². The van der Waals surface area contributed by atoms with Crippen LogP contribution in [0.5, 0.6) is 0 Å². The standard InChI is InChI=1S/C40H76O2.C19H31NO2/c1-3-5-7-9-15-21-27-36-33-38(36)29-23-17-11-13-19-25-31-40(42-35-41)32-26-20-14-12-18-24-30-39-34-37(39)28-22-16-10-8-6-4-2;1-3-4-5-6-16-15(2)7-8-17(16)22-18(21)19-9-12-20(13-10-19)14-11-19/h35-40H,3-34H2,1-2H3;4-5,15-17H,3,6-14H2,1-2H3/b;5-4-. The van der Waals surface area contributed by atoms with Crippen LogP contribution in [0.4, 0.5) is 0 Å². The topological polar surface area (TPSA) is 55.8 Å². The number of rotatable bonds is 39. The van der Waals surface area contributed by atoms with Gasteiger partial charge in [0, 0.05) is 5.92 Å². The van der Waals surface area contributed by atoms with E-state index in [0.29, 0.717) is 18.3 Å². The molecule has 3 heterocycles. The number of piperidine rings is 3. The van der Waals surface area contributed by atoms with Crippen molar-refractivity contribution in [2.45, 2.75) is 290 Å². The third kappa shape index (κ3) is 22.6.